The molecule has 0 spiro atoms. The molecule has 150 valence electrons. The lowest BCUT2D eigenvalue weighted by molar-refractivity contribution is 0.102. The fourth-order valence-corrected chi connectivity index (χ4v) is 2.70. The second-order valence-corrected chi connectivity index (χ2v) is 5.86. The van der Waals surface area contributed by atoms with Crippen molar-refractivity contribution in [1.29, 1.82) is 0 Å². The normalized spacial score (nSPS) is 10.3. The molecular formula is C20H18FN3O5. The fraction of sp³-hybridized carbons (Fsp3) is 0.150. The van der Waals surface area contributed by atoms with Gasteiger partial charge in [-0.25, -0.2) is 9.18 Å². The summed E-state index contributed by atoms with van der Waals surface area (Å²) in [6.07, 6.45) is 0. The average molecular weight is 399 g/mol. The molecule has 1 aromatic heterocycles. The van der Waals surface area contributed by atoms with Crippen LogP contribution >= 0.6 is 0 Å². The van der Waals surface area contributed by atoms with Gasteiger partial charge in [0.2, 0.25) is 5.75 Å². The van der Waals surface area contributed by atoms with Crippen molar-refractivity contribution in [2.24, 2.45) is 0 Å². The third-order valence-corrected chi connectivity index (χ3v) is 4.05. The van der Waals surface area contributed by atoms with E-state index in [1.165, 1.54) is 51.7 Å². The van der Waals surface area contributed by atoms with Crippen LogP contribution in [0.2, 0.25) is 0 Å². The van der Waals surface area contributed by atoms with Crippen LogP contribution in [0.4, 0.5) is 10.1 Å². The number of nitrogens with one attached hydrogen (secondary N) is 2. The van der Waals surface area contributed by atoms with Gasteiger partial charge >= 0.3 is 5.69 Å². The lowest BCUT2D eigenvalue weighted by Crippen LogP contribution is -2.21. The first-order valence-corrected chi connectivity index (χ1v) is 8.43. The predicted octanol–water partition coefficient (Wildman–Crippen LogP) is 2.85. The van der Waals surface area contributed by atoms with E-state index in [4.69, 9.17) is 14.2 Å². The molecule has 0 atom stereocenters. The zero-order valence-electron chi connectivity index (χ0n) is 15.9. The summed E-state index contributed by atoms with van der Waals surface area (Å²) in [4.78, 5) is 30.8. The van der Waals surface area contributed by atoms with Crippen molar-refractivity contribution in [2.75, 3.05) is 26.6 Å². The number of hydrogen-bond donors (Lipinski definition) is 2. The Labute approximate surface area is 165 Å². The number of ether oxygens (including phenoxy) is 3. The fourth-order valence-electron chi connectivity index (χ4n) is 2.70. The number of hydrogen-bond acceptors (Lipinski definition) is 6. The number of benzene rings is 2. The van der Waals surface area contributed by atoms with Crippen molar-refractivity contribution >= 4 is 11.6 Å². The number of carbonyl (C=O) groups excluding carboxylic acids is 1. The van der Waals surface area contributed by atoms with Crippen LogP contribution in [0.3, 0.4) is 0 Å². The Morgan fingerprint density at radius 1 is 1.00 bits per heavy atom. The number of rotatable bonds is 6. The molecule has 0 radical (unpaired) electrons. The first-order chi connectivity index (χ1) is 13.9. The van der Waals surface area contributed by atoms with Gasteiger partial charge in [0, 0.05) is 23.4 Å². The summed E-state index contributed by atoms with van der Waals surface area (Å²) >= 11 is 0. The molecule has 2 aromatic carbocycles. The minimum atomic E-state index is -0.707. The van der Waals surface area contributed by atoms with Crippen LogP contribution in [0.1, 0.15) is 10.5 Å². The van der Waals surface area contributed by atoms with Gasteiger partial charge in [0.1, 0.15) is 11.5 Å². The summed E-state index contributed by atoms with van der Waals surface area (Å²) in [6, 6.07) is 9.94. The molecule has 1 heterocycles. The second-order valence-electron chi connectivity index (χ2n) is 5.86. The summed E-state index contributed by atoms with van der Waals surface area (Å²) in [5.41, 5.74) is 0.383. The zero-order chi connectivity index (χ0) is 21.0. The standard InChI is InChI=1S/C20H18FN3O5/c1-27-16-8-13(9-17(28-2)18(16)29-3)22-19(25)15-10-14(23-20(26)24-15)11-4-6-12(21)7-5-11/h4-10H,1-3H3,(H,22,25)(H,23,24,26). The lowest BCUT2D eigenvalue weighted by atomic mass is 10.1. The Morgan fingerprint density at radius 2 is 1.62 bits per heavy atom. The molecule has 3 aromatic rings. The molecule has 0 bridgehead atoms. The van der Waals surface area contributed by atoms with Crippen molar-refractivity contribution in [3.63, 3.8) is 0 Å². The molecule has 8 nitrogen and oxygen atoms in total. The van der Waals surface area contributed by atoms with Gasteiger partial charge in [0.05, 0.1) is 27.0 Å². The van der Waals surface area contributed by atoms with Crippen LogP contribution in [-0.2, 0) is 0 Å². The number of H-pyrrole nitrogens is 1. The predicted molar refractivity (Wildman–Crippen MR) is 104 cm³/mol. The molecule has 29 heavy (non-hydrogen) atoms. The summed E-state index contributed by atoms with van der Waals surface area (Å²) in [7, 11) is 4.38. The van der Waals surface area contributed by atoms with E-state index in [0.29, 0.717) is 28.5 Å². The number of amides is 1. The topological polar surface area (TPSA) is 103 Å². The van der Waals surface area contributed by atoms with E-state index in [9.17, 15) is 14.0 Å². The number of nitrogens with zero attached hydrogens (tertiary/aromatic N) is 1. The first kappa shape index (κ1) is 19.9. The van der Waals surface area contributed by atoms with Gasteiger partial charge in [-0.3, -0.25) is 4.79 Å². The first-order valence-electron chi connectivity index (χ1n) is 8.43. The van der Waals surface area contributed by atoms with E-state index in [1.54, 1.807) is 12.1 Å². The van der Waals surface area contributed by atoms with Crippen LogP contribution in [-0.4, -0.2) is 37.2 Å². The number of halogens is 1. The van der Waals surface area contributed by atoms with Gasteiger partial charge in [0.15, 0.2) is 11.5 Å². The summed E-state index contributed by atoms with van der Waals surface area (Å²) in [5.74, 6) is 0.0970. The van der Waals surface area contributed by atoms with Gasteiger partial charge < -0.3 is 24.5 Å². The monoisotopic (exact) mass is 399 g/mol. The smallest absolute Gasteiger partial charge is 0.346 e. The number of methoxy groups -OCH3 is 3. The Morgan fingerprint density at radius 3 is 2.17 bits per heavy atom. The highest BCUT2D eigenvalue weighted by Crippen LogP contribution is 2.40. The number of anilines is 1. The lowest BCUT2D eigenvalue weighted by Gasteiger charge is -2.14. The van der Waals surface area contributed by atoms with Crippen molar-refractivity contribution < 1.29 is 23.4 Å². The molecular weight excluding hydrogens is 381 g/mol. The average Bonchev–Trinajstić information content (AvgIpc) is 2.72. The molecule has 0 saturated carbocycles. The van der Waals surface area contributed by atoms with Crippen LogP contribution in [0.25, 0.3) is 11.3 Å². The van der Waals surface area contributed by atoms with Crippen LogP contribution < -0.4 is 25.2 Å². The maximum atomic E-state index is 13.1. The molecule has 0 aliphatic heterocycles. The Balaban J connectivity index is 1.93. The van der Waals surface area contributed by atoms with Crippen LogP contribution in [0.15, 0.2) is 47.3 Å². The van der Waals surface area contributed by atoms with E-state index in [-0.39, 0.29) is 11.4 Å². The quantitative estimate of drug-likeness (QED) is 0.661. The molecule has 2 N–H and O–H groups in total. The Bertz CT molecular complexity index is 1070. The summed E-state index contributed by atoms with van der Waals surface area (Å²) in [6.45, 7) is 0. The molecule has 0 fully saturated rings. The van der Waals surface area contributed by atoms with E-state index in [2.05, 4.69) is 15.3 Å². The van der Waals surface area contributed by atoms with Gasteiger partial charge in [-0.15, -0.1) is 0 Å². The summed E-state index contributed by atoms with van der Waals surface area (Å²) < 4.78 is 28.9. The molecule has 0 aliphatic carbocycles. The summed E-state index contributed by atoms with van der Waals surface area (Å²) in [5, 5.41) is 2.66. The molecule has 0 unspecified atom stereocenters. The molecule has 9 heteroatoms. The number of aromatic amines is 1. The second kappa shape index (κ2) is 8.42. The van der Waals surface area contributed by atoms with Crippen molar-refractivity contribution in [3.05, 3.63) is 64.5 Å². The number of carbonyl (C=O) groups is 1. The molecule has 1 amide bonds. The van der Waals surface area contributed by atoms with E-state index in [1.807, 2.05) is 0 Å². The van der Waals surface area contributed by atoms with Crippen molar-refractivity contribution in [1.82, 2.24) is 9.97 Å². The van der Waals surface area contributed by atoms with Crippen molar-refractivity contribution in [2.45, 2.75) is 0 Å². The van der Waals surface area contributed by atoms with Crippen molar-refractivity contribution in [3.8, 4) is 28.5 Å². The number of aromatic nitrogens is 2. The Hall–Kier alpha value is -3.88. The highest BCUT2D eigenvalue weighted by Gasteiger charge is 2.16. The highest BCUT2D eigenvalue weighted by molar-refractivity contribution is 6.03. The van der Waals surface area contributed by atoms with Gasteiger partial charge in [-0.2, -0.15) is 4.98 Å². The zero-order valence-corrected chi connectivity index (χ0v) is 15.9. The van der Waals surface area contributed by atoms with E-state index < -0.39 is 17.4 Å². The molecule has 0 aliphatic rings. The van der Waals surface area contributed by atoms with E-state index in [0.717, 1.165) is 0 Å². The van der Waals surface area contributed by atoms with Gasteiger partial charge in [-0.1, -0.05) is 0 Å². The molecule has 3 rings (SSSR count). The SMILES string of the molecule is COc1cc(NC(=O)c2cc(-c3ccc(F)cc3)nc(=O)[nH]2)cc(OC)c1OC. The van der Waals surface area contributed by atoms with Crippen LogP contribution in [0.5, 0.6) is 17.2 Å². The maximum absolute atomic E-state index is 13.1. The highest BCUT2D eigenvalue weighted by atomic mass is 19.1. The minimum Gasteiger partial charge on any atom is -0.493 e. The van der Waals surface area contributed by atoms with Gasteiger partial charge in [-0.05, 0) is 30.3 Å². The van der Waals surface area contributed by atoms with Gasteiger partial charge in [0.25, 0.3) is 5.91 Å². The van der Waals surface area contributed by atoms with E-state index >= 15 is 0 Å². The third kappa shape index (κ3) is 4.34. The molecule has 0 saturated heterocycles. The largest absolute Gasteiger partial charge is 0.493 e. The third-order valence-electron chi connectivity index (χ3n) is 4.05. The Kier molecular flexibility index (Phi) is 5.77. The maximum Gasteiger partial charge on any atom is 0.346 e. The minimum absolute atomic E-state index is 0.0157. The van der Waals surface area contributed by atoms with Crippen LogP contribution in [0, 0.1) is 5.82 Å².